The summed E-state index contributed by atoms with van der Waals surface area (Å²) in [6.45, 7) is 12.1. The van der Waals surface area contributed by atoms with Crippen LogP contribution in [0.15, 0.2) is 18.2 Å². The maximum Gasteiger partial charge on any atom is 0.494 e. The molecule has 0 radical (unpaired) electrons. The molecule has 0 spiro atoms. The molecule has 220 valence electrons. The second-order valence-electron chi connectivity index (χ2n) is 10.8. The minimum Gasteiger partial charge on any atom is -0.463 e. The average molecular weight is 564 g/mol. The Hall–Kier alpha value is -3.16. The molecule has 1 saturated heterocycles. The number of rotatable bonds is 6. The van der Waals surface area contributed by atoms with Crippen LogP contribution < -0.4 is 10.4 Å². The number of hydrogen-bond donors (Lipinski definition) is 0. The Balaban J connectivity index is 2.04. The van der Waals surface area contributed by atoms with Crippen molar-refractivity contribution in [2.45, 2.75) is 104 Å². The van der Waals surface area contributed by atoms with Crippen molar-refractivity contribution in [2.24, 2.45) is 0 Å². The smallest absolute Gasteiger partial charge is 0.463 e. The Morgan fingerprint density at radius 2 is 1.43 bits per heavy atom. The molecule has 2 aliphatic heterocycles. The second-order valence-corrected chi connectivity index (χ2v) is 10.8. The summed E-state index contributed by atoms with van der Waals surface area (Å²) in [5, 5.41) is 0. The maximum atomic E-state index is 12.1. The summed E-state index contributed by atoms with van der Waals surface area (Å²) >= 11 is 0. The van der Waals surface area contributed by atoms with Gasteiger partial charge in [-0.2, -0.15) is 4.89 Å². The van der Waals surface area contributed by atoms with Gasteiger partial charge in [0.25, 0.3) is 0 Å². The Kier molecular flexibility index (Phi) is 9.86. The van der Waals surface area contributed by atoms with Gasteiger partial charge < -0.3 is 33.1 Å². The zero-order valence-corrected chi connectivity index (χ0v) is 24.1. The first-order valence-electron chi connectivity index (χ1n) is 13.1. The van der Waals surface area contributed by atoms with Gasteiger partial charge in [0.05, 0.1) is 11.2 Å². The summed E-state index contributed by atoms with van der Waals surface area (Å²) in [7, 11) is -0.644. The van der Waals surface area contributed by atoms with Crippen molar-refractivity contribution in [3.8, 4) is 5.75 Å². The molecule has 1 aromatic carbocycles. The van der Waals surface area contributed by atoms with Crippen molar-refractivity contribution in [2.75, 3.05) is 6.61 Å². The van der Waals surface area contributed by atoms with Crippen molar-refractivity contribution in [3.63, 3.8) is 0 Å². The lowest BCUT2D eigenvalue weighted by atomic mass is 9.78. The van der Waals surface area contributed by atoms with Crippen LogP contribution in [0.2, 0.25) is 0 Å². The van der Waals surface area contributed by atoms with Crippen molar-refractivity contribution >= 4 is 36.5 Å². The van der Waals surface area contributed by atoms with Crippen LogP contribution >= 0.6 is 0 Å². The minimum atomic E-state index is -1.35. The SMILES string of the molecule is CC(=O)OC[C@H]1OOc2ccc(B3OC(C)(C)C(C)(C)O3)cc2CC[C@@H](OC(C)=O)[C@@H](OC(C)=O)[C@@H]1OC(C)=O. The van der Waals surface area contributed by atoms with Crippen molar-refractivity contribution in [1.82, 2.24) is 0 Å². The minimum absolute atomic E-state index is 0.152. The molecule has 1 fully saturated rings. The number of esters is 4. The monoisotopic (exact) mass is 564 g/mol. The number of carbonyl (C=O) groups excluding carboxylic acids is 4. The number of ether oxygens (including phenoxy) is 4. The van der Waals surface area contributed by atoms with Gasteiger partial charge in [-0.3, -0.25) is 19.2 Å². The van der Waals surface area contributed by atoms with Gasteiger partial charge >= 0.3 is 31.0 Å². The van der Waals surface area contributed by atoms with E-state index in [2.05, 4.69) is 0 Å². The fraction of sp³-hybridized carbons (Fsp3) is 0.630. The van der Waals surface area contributed by atoms with Gasteiger partial charge in [0.2, 0.25) is 0 Å². The lowest BCUT2D eigenvalue weighted by molar-refractivity contribution is -0.290. The van der Waals surface area contributed by atoms with Crippen molar-refractivity contribution in [3.05, 3.63) is 23.8 Å². The molecule has 0 saturated carbocycles. The van der Waals surface area contributed by atoms with E-state index in [1.54, 1.807) is 12.1 Å². The van der Waals surface area contributed by atoms with E-state index >= 15 is 0 Å². The largest absolute Gasteiger partial charge is 0.494 e. The average Bonchev–Trinajstić information content (AvgIpc) is 3.05. The van der Waals surface area contributed by atoms with Crippen LogP contribution in [0.5, 0.6) is 5.75 Å². The molecular weight excluding hydrogens is 527 g/mol. The van der Waals surface area contributed by atoms with E-state index in [0.717, 1.165) is 12.4 Å². The van der Waals surface area contributed by atoms with Crippen LogP contribution in [0.25, 0.3) is 0 Å². The van der Waals surface area contributed by atoms with Gasteiger partial charge in [0, 0.05) is 27.7 Å². The molecule has 40 heavy (non-hydrogen) atoms. The highest BCUT2D eigenvalue weighted by atomic mass is 17.2. The third-order valence-electron chi connectivity index (χ3n) is 7.00. The normalized spacial score (nSPS) is 25.6. The molecular formula is C27H37BO12. The molecule has 0 unspecified atom stereocenters. The predicted molar refractivity (Wildman–Crippen MR) is 139 cm³/mol. The van der Waals surface area contributed by atoms with E-state index in [0.29, 0.717) is 11.3 Å². The van der Waals surface area contributed by atoms with E-state index in [1.807, 2.05) is 33.8 Å². The van der Waals surface area contributed by atoms with Crippen LogP contribution in [0.1, 0.15) is 67.4 Å². The summed E-state index contributed by atoms with van der Waals surface area (Å²) in [5.74, 6) is -2.39. The lowest BCUT2D eigenvalue weighted by Gasteiger charge is -2.36. The van der Waals surface area contributed by atoms with E-state index in [9.17, 15) is 19.2 Å². The number of carbonyl (C=O) groups is 4. The number of fused-ring (bicyclic) bond motifs is 1. The van der Waals surface area contributed by atoms with Gasteiger partial charge in [0.1, 0.15) is 12.7 Å². The second kappa shape index (κ2) is 12.6. The van der Waals surface area contributed by atoms with Crippen LogP contribution in [0.4, 0.5) is 0 Å². The van der Waals surface area contributed by atoms with Crippen LogP contribution in [-0.4, -0.2) is 73.2 Å². The van der Waals surface area contributed by atoms with Crippen LogP contribution in [0.3, 0.4) is 0 Å². The first-order valence-corrected chi connectivity index (χ1v) is 13.1. The number of aryl methyl sites for hydroxylation is 1. The van der Waals surface area contributed by atoms with Gasteiger partial charge in [0.15, 0.2) is 24.1 Å². The highest BCUT2D eigenvalue weighted by molar-refractivity contribution is 6.62. The van der Waals surface area contributed by atoms with E-state index in [1.165, 1.54) is 20.8 Å². The Bertz CT molecular complexity index is 1100. The van der Waals surface area contributed by atoms with Gasteiger partial charge in [-0.05, 0) is 57.6 Å². The highest BCUT2D eigenvalue weighted by Gasteiger charge is 2.52. The summed E-state index contributed by atoms with van der Waals surface area (Å²) in [4.78, 5) is 59.2. The third-order valence-corrected chi connectivity index (χ3v) is 7.00. The fourth-order valence-corrected chi connectivity index (χ4v) is 4.39. The van der Waals surface area contributed by atoms with E-state index in [-0.39, 0.29) is 12.8 Å². The van der Waals surface area contributed by atoms with Crippen molar-refractivity contribution < 1.29 is 57.2 Å². The molecule has 0 amide bonds. The van der Waals surface area contributed by atoms with Gasteiger partial charge in [-0.15, -0.1) is 0 Å². The molecule has 0 aliphatic carbocycles. The molecule has 0 N–H and O–H groups in total. The summed E-state index contributed by atoms with van der Waals surface area (Å²) in [5.41, 5.74) is 0.283. The Morgan fingerprint density at radius 3 is 1.98 bits per heavy atom. The molecule has 3 rings (SSSR count). The zero-order valence-electron chi connectivity index (χ0n) is 24.1. The molecule has 13 heteroatoms. The zero-order chi connectivity index (χ0) is 29.8. The third kappa shape index (κ3) is 7.73. The Labute approximate surface area is 233 Å². The lowest BCUT2D eigenvalue weighted by Crippen LogP contribution is -2.53. The molecule has 12 nitrogen and oxygen atoms in total. The standard InChI is InChI=1S/C27H37BO12/c1-15(29)33-14-23-25(36-18(4)32)24(35-17(3)31)22(34-16(2)30)11-9-19-13-20(10-12-21(19)37-38-23)28-39-26(5,6)27(7,8)40-28/h10,12-13,22-25H,9,11,14H2,1-8H3/t22-,23-,24-,25-/m1/s1. The van der Waals surface area contributed by atoms with Gasteiger partial charge in [-0.1, -0.05) is 12.1 Å². The summed E-state index contributed by atoms with van der Waals surface area (Å²) in [6.07, 6.45) is -4.54. The predicted octanol–water partition coefficient (Wildman–Crippen LogP) is 1.97. The molecule has 0 bridgehead atoms. The molecule has 1 aromatic rings. The first kappa shape index (κ1) is 31.4. The van der Waals surface area contributed by atoms with Crippen LogP contribution in [-0.2, 0) is 58.7 Å². The first-order chi connectivity index (χ1) is 18.6. The topological polar surface area (TPSA) is 142 Å². The molecule has 2 aliphatic rings. The highest BCUT2D eigenvalue weighted by Crippen LogP contribution is 2.37. The maximum absolute atomic E-state index is 12.1. The quantitative estimate of drug-likeness (QED) is 0.216. The molecule has 0 aromatic heterocycles. The van der Waals surface area contributed by atoms with Gasteiger partial charge in [-0.25, -0.2) is 0 Å². The number of benzene rings is 1. The summed E-state index contributed by atoms with van der Waals surface area (Å²) < 4.78 is 34.0. The van der Waals surface area contributed by atoms with Crippen LogP contribution in [0, 0.1) is 0 Å². The molecule has 2 heterocycles. The fourth-order valence-electron chi connectivity index (χ4n) is 4.39. The van der Waals surface area contributed by atoms with Crippen molar-refractivity contribution in [1.29, 1.82) is 0 Å². The van der Waals surface area contributed by atoms with E-state index in [4.69, 9.17) is 38.0 Å². The molecule has 4 atom stereocenters. The Morgan fingerprint density at radius 1 is 0.850 bits per heavy atom. The number of hydrogen-bond acceptors (Lipinski definition) is 12. The summed E-state index contributed by atoms with van der Waals surface area (Å²) in [6, 6.07) is 5.27. The van der Waals surface area contributed by atoms with E-state index < -0.39 is 73.2 Å².